The molecule has 0 aromatic carbocycles. The summed E-state index contributed by atoms with van der Waals surface area (Å²) in [5.74, 6) is 0.0690. The number of aliphatic hydroxyl groups is 1. The van der Waals surface area contributed by atoms with Gasteiger partial charge in [-0.25, -0.2) is 15.0 Å². The van der Waals surface area contributed by atoms with Crippen LogP contribution >= 0.6 is 0 Å². The summed E-state index contributed by atoms with van der Waals surface area (Å²) in [6, 6.07) is 0. The van der Waals surface area contributed by atoms with Crippen molar-refractivity contribution in [2.75, 3.05) is 6.61 Å². The maximum atomic E-state index is 9.77. The van der Waals surface area contributed by atoms with Crippen molar-refractivity contribution in [3.63, 3.8) is 0 Å². The Kier molecular flexibility index (Phi) is 4.98. The molecule has 7 nitrogen and oxygen atoms in total. The molecule has 1 saturated heterocycles. The molecule has 0 aliphatic carbocycles. The summed E-state index contributed by atoms with van der Waals surface area (Å²) in [4.78, 5) is 13.1. The third kappa shape index (κ3) is 3.19. The number of imidazole rings is 1. The van der Waals surface area contributed by atoms with Crippen molar-refractivity contribution in [3.8, 4) is 0 Å². The second kappa shape index (κ2) is 6.67. The lowest BCUT2D eigenvalue weighted by molar-refractivity contribution is -0.0467. The van der Waals surface area contributed by atoms with E-state index in [-0.39, 0.29) is 36.0 Å². The number of rotatable bonds is 4. The zero-order chi connectivity index (χ0) is 19.3. The van der Waals surface area contributed by atoms with Crippen LogP contribution in [-0.4, -0.2) is 51.8 Å². The Morgan fingerprint density at radius 2 is 1.96 bits per heavy atom. The van der Waals surface area contributed by atoms with Gasteiger partial charge in [-0.2, -0.15) is 0 Å². The SMILES string of the molecule is Cc1ncnc2c1ncn2[C@@H]1O[C@H](CO)[C@@H](C)[C@H]1O[Si](C)(C)C(C)(C)C. The van der Waals surface area contributed by atoms with E-state index in [0.29, 0.717) is 0 Å². The predicted molar refractivity (Wildman–Crippen MR) is 102 cm³/mol. The van der Waals surface area contributed by atoms with E-state index < -0.39 is 8.32 Å². The van der Waals surface area contributed by atoms with Crippen LogP contribution in [0.4, 0.5) is 0 Å². The molecule has 1 N–H and O–H groups in total. The number of hydrogen-bond donors (Lipinski definition) is 1. The highest BCUT2D eigenvalue weighted by atomic mass is 28.4. The summed E-state index contributed by atoms with van der Waals surface area (Å²) in [5, 5.41) is 9.85. The van der Waals surface area contributed by atoms with E-state index in [1.807, 2.05) is 11.5 Å². The van der Waals surface area contributed by atoms with E-state index in [1.54, 1.807) is 12.7 Å². The lowest BCUT2D eigenvalue weighted by atomic mass is 10.0. The first-order chi connectivity index (χ1) is 12.1. The van der Waals surface area contributed by atoms with Crippen LogP contribution in [0.5, 0.6) is 0 Å². The number of aryl methyl sites for hydroxylation is 1. The first-order valence-electron chi connectivity index (χ1n) is 9.15. The predicted octanol–water partition coefficient (Wildman–Crippen LogP) is 3.05. The molecule has 0 unspecified atom stereocenters. The molecule has 2 aromatic heterocycles. The first-order valence-corrected chi connectivity index (χ1v) is 12.1. The molecule has 1 aliphatic heterocycles. The number of ether oxygens (including phenoxy) is 1. The van der Waals surface area contributed by atoms with Crippen molar-refractivity contribution in [2.45, 2.75) is 71.2 Å². The minimum Gasteiger partial charge on any atom is -0.409 e. The molecule has 1 aliphatic rings. The third-order valence-electron chi connectivity index (χ3n) is 5.93. The minimum atomic E-state index is -2.01. The largest absolute Gasteiger partial charge is 0.409 e. The molecule has 26 heavy (non-hydrogen) atoms. The Morgan fingerprint density at radius 1 is 1.27 bits per heavy atom. The Hall–Kier alpha value is -1.35. The van der Waals surface area contributed by atoms with E-state index in [9.17, 15) is 5.11 Å². The van der Waals surface area contributed by atoms with Crippen molar-refractivity contribution in [2.24, 2.45) is 5.92 Å². The maximum Gasteiger partial charge on any atom is 0.192 e. The van der Waals surface area contributed by atoms with Crippen molar-refractivity contribution < 1.29 is 14.3 Å². The molecule has 2 aromatic rings. The Morgan fingerprint density at radius 3 is 2.58 bits per heavy atom. The monoisotopic (exact) mass is 378 g/mol. The van der Waals surface area contributed by atoms with E-state index in [4.69, 9.17) is 9.16 Å². The summed E-state index contributed by atoms with van der Waals surface area (Å²) in [5.41, 5.74) is 2.33. The van der Waals surface area contributed by atoms with E-state index >= 15 is 0 Å². The van der Waals surface area contributed by atoms with Crippen LogP contribution in [0, 0.1) is 12.8 Å². The van der Waals surface area contributed by atoms with Gasteiger partial charge < -0.3 is 14.3 Å². The van der Waals surface area contributed by atoms with Gasteiger partial charge in [-0.1, -0.05) is 27.7 Å². The van der Waals surface area contributed by atoms with Crippen LogP contribution in [0.3, 0.4) is 0 Å². The molecule has 1 fully saturated rings. The van der Waals surface area contributed by atoms with E-state index in [1.165, 1.54) is 0 Å². The smallest absolute Gasteiger partial charge is 0.192 e. The van der Waals surface area contributed by atoms with Gasteiger partial charge in [0, 0.05) is 5.92 Å². The molecule has 144 valence electrons. The second-order valence-corrected chi connectivity index (χ2v) is 13.5. The Labute approximate surface area is 155 Å². The van der Waals surface area contributed by atoms with E-state index in [0.717, 1.165) is 16.9 Å². The molecule has 0 amide bonds. The van der Waals surface area contributed by atoms with Crippen molar-refractivity contribution in [1.82, 2.24) is 19.5 Å². The molecule has 4 atom stereocenters. The van der Waals surface area contributed by atoms with Crippen molar-refractivity contribution in [3.05, 3.63) is 18.3 Å². The van der Waals surface area contributed by atoms with Crippen LogP contribution in [0.2, 0.25) is 18.1 Å². The zero-order valence-corrected chi connectivity index (χ0v) is 17.7. The molecule has 0 radical (unpaired) electrons. The van der Waals surface area contributed by atoms with Crippen LogP contribution in [0.15, 0.2) is 12.7 Å². The Balaban J connectivity index is 2.01. The highest BCUT2D eigenvalue weighted by molar-refractivity contribution is 6.74. The highest BCUT2D eigenvalue weighted by Gasteiger charge is 2.49. The molecular weight excluding hydrogens is 348 g/mol. The summed E-state index contributed by atoms with van der Waals surface area (Å²) >= 11 is 0. The second-order valence-electron chi connectivity index (χ2n) is 8.73. The van der Waals surface area contributed by atoms with Gasteiger partial charge in [-0.3, -0.25) is 4.57 Å². The number of aliphatic hydroxyl groups excluding tert-OH is 1. The number of fused-ring (bicyclic) bond motifs is 1. The normalized spacial score (nSPS) is 27.4. The van der Waals surface area contributed by atoms with Gasteiger partial charge in [-0.05, 0) is 25.1 Å². The average molecular weight is 379 g/mol. The van der Waals surface area contributed by atoms with Crippen LogP contribution in [0.25, 0.3) is 11.2 Å². The van der Waals surface area contributed by atoms with Gasteiger partial charge in [0.25, 0.3) is 0 Å². The topological polar surface area (TPSA) is 82.3 Å². The van der Waals surface area contributed by atoms with Gasteiger partial charge in [0.1, 0.15) is 11.8 Å². The first kappa shape index (κ1) is 19.4. The van der Waals surface area contributed by atoms with E-state index in [2.05, 4.69) is 55.7 Å². The lowest BCUT2D eigenvalue weighted by Crippen LogP contribution is -2.46. The molecule has 0 bridgehead atoms. The lowest BCUT2D eigenvalue weighted by Gasteiger charge is -2.40. The fraction of sp³-hybridized carbons (Fsp3) is 0.722. The fourth-order valence-corrected chi connectivity index (χ4v) is 4.49. The quantitative estimate of drug-likeness (QED) is 0.824. The van der Waals surface area contributed by atoms with Gasteiger partial charge in [0.05, 0.1) is 30.8 Å². The van der Waals surface area contributed by atoms with Gasteiger partial charge in [0.2, 0.25) is 0 Å². The molecular formula is C18H30N4O3Si. The van der Waals surface area contributed by atoms with Gasteiger partial charge >= 0.3 is 0 Å². The summed E-state index contributed by atoms with van der Waals surface area (Å²) < 4.78 is 14.9. The molecule has 8 heteroatoms. The molecule has 3 heterocycles. The van der Waals surface area contributed by atoms with Crippen LogP contribution in [0.1, 0.15) is 39.6 Å². The van der Waals surface area contributed by atoms with Gasteiger partial charge in [0.15, 0.2) is 20.2 Å². The summed E-state index contributed by atoms with van der Waals surface area (Å²) in [7, 11) is -2.01. The number of nitrogens with zero attached hydrogens (tertiary/aromatic N) is 4. The standard InChI is InChI=1S/C18H30N4O3Si/c1-11-13(8-23)24-17(15(11)25-26(6,7)18(3,4)5)22-10-21-14-12(2)19-9-20-16(14)22/h9-11,13,15,17,23H,8H2,1-7H3/t11-,13-,15-,17-/m1/s1. The molecule has 3 rings (SSSR count). The summed E-state index contributed by atoms with van der Waals surface area (Å²) in [6.07, 6.45) is 2.49. The highest BCUT2D eigenvalue weighted by Crippen LogP contribution is 2.44. The van der Waals surface area contributed by atoms with Crippen LogP contribution in [-0.2, 0) is 9.16 Å². The number of aromatic nitrogens is 4. The molecule has 0 saturated carbocycles. The van der Waals surface area contributed by atoms with Gasteiger partial charge in [-0.15, -0.1) is 0 Å². The minimum absolute atomic E-state index is 0.0321. The van der Waals surface area contributed by atoms with Crippen LogP contribution < -0.4 is 0 Å². The van der Waals surface area contributed by atoms with Crippen molar-refractivity contribution in [1.29, 1.82) is 0 Å². The molecule has 0 spiro atoms. The summed E-state index contributed by atoms with van der Waals surface area (Å²) in [6.45, 7) is 15.1. The third-order valence-corrected chi connectivity index (χ3v) is 10.4. The number of hydrogen-bond acceptors (Lipinski definition) is 6. The maximum absolute atomic E-state index is 9.77. The fourth-order valence-electron chi connectivity index (χ4n) is 3.12. The zero-order valence-electron chi connectivity index (χ0n) is 16.7. The Bertz CT molecular complexity index is 786. The average Bonchev–Trinajstić information content (AvgIpc) is 3.09. The van der Waals surface area contributed by atoms with Crippen molar-refractivity contribution >= 4 is 19.5 Å².